The van der Waals surface area contributed by atoms with Crippen LogP contribution in [0, 0.1) is 6.92 Å². The second kappa shape index (κ2) is 9.99. The zero-order chi connectivity index (χ0) is 15.6. The van der Waals surface area contributed by atoms with E-state index in [0.29, 0.717) is 5.41 Å². The number of piperidine rings is 1. The fourth-order valence-corrected chi connectivity index (χ4v) is 3.03. The highest BCUT2D eigenvalue weighted by Gasteiger charge is 2.34. The van der Waals surface area contributed by atoms with E-state index in [1.807, 2.05) is 27.7 Å². The van der Waals surface area contributed by atoms with E-state index in [1.54, 1.807) is 5.56 Å². The third kappa shape index (κ3) is 4.63. The van der Waals surface area contributed by atoms with Crippen LogP contribution in [0.25, 0.3) is 0 Å². The van der Waals surface area contributed by atoms with E-state index >= 15 is 0 Å². The summed E-state index contributed by atoms with van der Waals surface area (Å²) in [5.41, 5.74) is 3.50. The molecule has 2 rings (SSSR count). The molecule has 116 valence electrons. The molecule has 0 aromatic heterocycles. The quantitative estimate of drug-likeness (QED) is 0.697. The Morgan fingerprint density at radius 3 is 1.95 bits per heavy atom. The summed E-state index contributed by atoms with van der Waals surface area (Å²) in [7, 11) is 2.23. The Morgan fingerprint density at radius 1 is 1.00 bits per heavy atom. The third-order valence-corrected chi connectivity index (χ3v) is 4.34. The van der Waals surface area contributed by atoms with E-state index in [1.165, 1.54) is 37.9 Å². The molecule has 0 spiro atoms. The van der Waals surface area contributed by atoms with Gasteiger partial charge in [-0.25, -0.2) is 0 Å². The number of hydrogen-bond acceptors (Lipinski definition) is 1. The predicted molar refractivity (Wildman–Crippen MR) is 92.6 cm³/mol. The van der Waals surface area contributed by atoms with Crippen LogP contribution in [0.3, 0.4) is 0 Å². The van der Waals surface area contributed by atoms with Crippen LogP contribution < -0.4 is 0 Å². The van der Waals surface area contributed by atoms with Gasteiger partial charge in [-0.2, -0.15) is 0 Å². The van der Waals surface area contributed by atoms with Gasteiger partial charge in [0.25, 0.3) is 0 Å². The molecule has 1 aromatic rings. The average molecular weight is 277 g/mol. The van der Waals surface area contributed by atoms with Crippen LogP contribution in [0.15, 0.2) is 24.3 Å². The van der Waals surface area contributed by atoms with E-state index in [9.17, 15) is 0 Å². The molecule has 1 aliphatic rings. The first kappa shape index (κ1) is 19.2. The van der Waals surface area contributed by atoms with Gasteiger partial charge in [0.1, 0.15) is 0 Å². The number of hydrogen-bond donors (Lipinski definition) is 0. The Hall–Kier alpha value is -0.820. The molecular formula is C19H35N. The summed E-state index contributed by atoms with van der Waals surface area (Å²) in [4.78, 5) is 2.45. The van der Waals surface area contributed by atoms with E-state index in [2.05, 4.69) is 50.1 Å². The minimum absolute atomic E-state index is 0.442. The Bertz CT molecular complexity index is 349. The van der Waals surface area contributed by atoms with E-state index < -0.39 is 0 Å². The van der Waals surface area contributed by atoms with Crippen LogP contribution >= 0.6 is 0 Å². The Morgan fingerprint density at radius 2 is 1.50 bits per heavy atom. The van der Waals surface area contributed by atoms with Crippen LogP contribution in [0.4, 0.5) is 0 Å². The first-order valence-corrected chi connectivity index (χ1v) is 8.42. The van der Waals surface area contributed by atoms with Crippen molar-refractivity contribution < 1.29 is 0 Å². The van der Waals surface area contributed by atoms with Crippen LogP contribution in [0.5, 0.6) is 0 Å². The molecule has 0 amide bonds. The van der Waals surface area contributed by atoms with E-state index in [-0.39, 0.29) is 0 Å². The maximum atomic E-state index is 2.45. The summed E-state index contributed by atoms with van der Waals surface area (Å²) < 4.78 is 0. The van der Waals surface area contributed by atoms with Gasteiger partial charge in [0, 0.05) is 0 Å². The first-order valence-electron chi connectivity index (χ1n) is 8.42. The van der Waals surface area contributed by atoms with Gasteiger partial charge in [0.2, 0.25) is 0 Å². The van der Waals surface area contributed by atoms with Crippen LogP contribution in [0.1, 0.15) is 65.0 Å². The summed E-state index contributed by atoms with van der Waals surface area (Å²) in [6.45, 7) is 15.1. The molecule has 0 aliphatic carbocycles. The standard InChI is InChI=1S/C15H23N.2C2H6/c1-4-15(9-11-16(3)12-10-15)14-8-6-5-7-13(14)2;2*1-2/h5-8H,4,9-12H2,1-3H3;2*1-2H3. The van der Waals surface area contributed by atoms with Crippen molar-refractivity contribution in [2.24, 2.45) is 0 Å². The maximum absolute atomic E-state index is 2.45. The van der Waals surface area contributed by atoms with Gasteiger partial charge in [-0.3, -0.25) is 0 Å². The third-order valence-electron chi connectivity index (χ3n) is 4.34. The first-order chi connectivity index (χ1) is 9.68. The fraction of sp³-hybridized carbons (Fsp3) is 0.684. The summed E-state index contributed by atoms with van der Waals surface area (Å²) in [6, 6.07) is 8.93. The number of aryl methyl sites for hydroxylation is 1. The summed E-state index contributed by atoms with van der Waals surface area (Å²) in [5, 5.41) is 0. The molecule has 1 nitrogen and oxygen atoms in total. The van der Waals surface area contributed by atoms with Crippen molar-refractivity contribution in [3.63, 3.8) is 0 Å². The average Bonchev–Trinajstić information content (AvgIpc) is 2.53. The Labute approximate surface area is 127 Å². The molecule has 20 heavy (non-hydrogen) atoms. The van der Waals surface area contributed by atoms with Gasteiger partial charge in [0.15, 0.2) is 0 Å². The van der Waals surface area contributed by atoms with Gasteiger partial charge in [-0.1, -0.05) is 58.9 Å². The monoisotopic (exact) mass is 277 g/mol. The summed E-state index contributed by atoms with van der Waals surface area (Å²) in [6.07, 6.45) is 3.89. The van der Waals surface area contributed by atoms with E-state index in [4.69, 9.17) is 0 Å². The number of rotatable bonds is 2. The molecule has 0 bridgehead atoms. The molecule has 0 N–H and O–H groups in total. The minimum Gasteiger partial charge on any atom is -0.306 e. The van der Waals surface area contributed by atoms with Crippen LogP contribution in [-0.2, 0) is 5.41 Å². The highest BCUT2D eigenvalue weighted by atomic mass is 15.1. The molecule has 1 aromatic carbocycles. The van der Waals surface area contributed by atoms with Crippen molar-refractivity contribution in [3.05, 3.63) is 35.4 Å². The van der Waals surface area contributed by atoms with Crippen molar-refractivity contribution in [3.8, 4) is 0 Å². The normalized spacial score (nSPS) is 17.4. The molecule has 1 saturated heterocycles. The van der Waals surface area contributed by atoms with Gasteiger partial charge < -0.3 is 4.90 Å². The zero-order valence-corrected chi connectivity index (χ0v) is 14.8. The Balaban J connectivity index is 0.000000829. The van der Waals surface area contributed by atoms with Gasteiger partial charge >= 0.3 is 0 Å². The van der Waals surface area contributed by atoms with Crippen molar-refractivity contribution in [2.75, 3.05) is 20.1 Å². The molecule has 1 aliphatic heterocycles. The highest BCUT2D eigenvalue weighted by molar-refractivity contribution is 5.34. The molecular weight excluding hydrogens is 242 g/mol. The largest absolute Gasteiger partial charge is 0.306 e. The highest BCUT2D eigenvalue weighted by Crippen LogP contribution is 2.39. The number of nitrogens with zero attached hydrogens (tertiary/aromatic N) is 1. The predicted octanol–water partition coefficient (Wildman–Crippen LogP) is 5.42. The molecule has 1 fully saturated rings. The van der Waals surface area contributed by atoms with Gasteiger partial charge in [-0.15, -0.1) is 0 Å². The lowest BCUT2D eigenvalue weighted by Crippen LogP contribution is -2.40. The van der Waals surface area contributed by atoms with E-state index in [0.717, 1.165) is 0 Å². The lowest BCUT2D eigenvalue weighted by Gasteiger charge is -2.41. The minimum atomic E-state index is 0.442. The number of likely N-dealkylation sites (tertiary alicyclic amines) is 1. The topological polar surface area (TPSA) is 3.24 Å². The fourth-order valence-electron chi connectivity index (χ4n) is 3.03. The molecule has 1 heteroatoms. The van der Waals surface area contributed by atoms with Crippen molar-refractivity contribution in [1.82, 2.24) is 4.90 Å². The lowest BCUT2D eigenvalue weighted by atomic mass is 9.69. The molecule has 0 atom stereocenters. The van der Waals surface area contributed by atoms with Gasteiger partial charge in [0.05, 0.1) is 0 Å². The second-order valence-corrected chi connectivity index (χ2v) is 5.25. The summed E-state index contributed by atoms with van der Waals surface area (Å²) >= 11 is 0. The van der Waals surface area contributed by atoms with Crippen molar-refractivity contribution >= 4 is 0 Å². The molecule has 0 unspecified atom stereocenters. The van der Waals surface area contributed by atoms with Crippen LogP contribution in [0.2, 0.25) is 0 Å². The maximum Gasteiger partial charge on any atom is -0.00133 e. The second-order valence-electron chi connectivity index (χ2n) is 5.25. The lowest BCUT2D eigenvalue weighted by molar-refractivity contribution is 0.182. The smallest absolute Gasteiger partial charge is 0.00133 e. The molecule has 0 radical (unpaired) electrons. The van der Waals surface area contributed by atoms with Crippen molar-refractivity contribution in [2.45, 2.75) is 66.2 Å². The molecule has 0 saturated carbocycles. The Kier molecular flexibility index (Phi) is 9.58. The number of benzene rings is 1. The SMILES string of the molecule is CC.CC.CCC1(c2ccccc2C)CCN(C)CC1. The molecule has 1 heterocycles. The van der Waals surface area contributed by atoms with Crippen molar-refractivity contribution in [1.29, 1.82) is 0 Å². The summed E-state index contributed by atoms with van der Waals surface area (Å²) in [5.74, 6) is 0. The van der Waals surface area contributed by atoms with Crippen LogP contribution in [-0.4, -0.2) is 25.0 Å². The van der Waals surface area contributed by atoms with Gasteiger partial charge in [-0.05, 0) is 62.9 Å². The zero-order valence-electron chi connectivity index (χ0n) is 14.8.